The first-order valence-electron chi connectivity index (χ1n) is 9.00. The Balaban J connectivity index is 2.68. The van der Waals surface area contributed by atoms with Crippen LogP contribution in [0.3, 0.4) is 0 Å². The third-order valence-electron chi connectivity index (χ3n) is 5.18. The second-order valence-corrected chi connectivity index (χ2v) is 13.2. The molecule has 0 aromatic heterocycles. The molecule has 0 aliphatic heterocycles. The van der Waals surface area contributed by atoms with Gasteiger partial charge in [0.25, 0.3) is 0 Å². The molecule has 0 fully saturated rings. The molecular formula is C21H36O2Si. The summed E-state index contributed by atoms with van der Waals surface area (Å²) < 4.78 is 12.7. The van der Waals surface area contributed by atoms with Crippen LogP contribution < -0.4 is 0 Å². The highest BCUT2D eigenvalue weighted by atomic mass is 28.4. The van der Waals surface area contributed by atoms with Crippen LogP contribution in [0.5, 0.6) is 0 Å². The Bertz CT molecular complexity index is 490. The molecule has 0 saturated carbocycles. The zero-order chi connectivity index (χ0) is 18.4. The molecule has 1 aromatic carbocycles. The molecule has 0 unspecified atom stereocenters. The molecule has 0 amide bonds. The molecule has 0 radical (unpaired) electrons. The molecule has 0 aliphatic rings. The molecule has 0 heterocycles. The van der Waals surface area contributed by atoms with Crippen molar-refractivity contribution in [2.75, 3.05) is 6.61 Å². The minimum absolute atomic E-state index is 0.152. The molecule has 24 heavy (non-hydrogen) atoms. The summed E-state index contributed by atoms with van der Waals surface area (Å²) >= 11 is 0. The summed E-state index contributed by atoms with van der Waals surface area (Å²) in [6, 6.07) is 10.3. The first kappa shape index (κ1) is 21.1. The van der Waals surface area contributed by atoms with Crippen LogP contribution in [0.25, 0.3) is 0 Å². The van der Waals surface area contributed by atoms with Crippen molar-refractivity contribution in [3.63, 3.8) is 0 Å². The molecule has 3 atom stereocenters. The van der Waals surface area contributed by atoms with E-state index in [4.69, 9.17) is 9.16 Å². The normalized spacial score (nSPS) is 16.5. The number of hydrogen-bond acceptors (Lipinski definition) is 2. The Morgan fingerprint density at radius 1 is 1.12 bits per heavy atom. The van der Waals surface area contributed by atoms with Gasteiger partial charge in [0, 0.05) is 5.92 Å². The van der Waals surface area contributed by atoms with Gasteiger partial charge < -0.3 is 9.16 Å². The van der Waals surface area contributed by atoms with Crippen LogP contribution in [0.15, 0.2) is 43.0 Å². The van der Waals surface area contributed by atoms with Crippen molar-refractivity contribution >= 4 is 8.32 Å². The van der Waals surface area contributed by atoms with Gasteiger partial charge in [0.2, 0.25) is 0 Å². The van der Waals surface area contributed by atoms with E-state index in [0.717, 1.165) is 0 Å². The van der Waals surface area contributed by atoms with Gasteiger partial charge >= 0.3 is 0 Å². The van der Waals surface area contributed by atoms with E-state index in [9.17, 15) is 0 Å². The van der Waals surface area contributed by atoms with E-state index in [1.807, 2.05) is 24.3 Å². The molecule has 1 rings (SSSR count). The topological polar surface area (TPSA) is 18.5 Å². The van der Waals surface area contributed by atoms with Crippen LogP contribution in [0.1, 0.15) is 40.2 Å². The minimum atomic E-state index is -1.82. The number of benzene rings is 1. The van der Waals surface area contributed by atoms with E-state index in [1.54, 1.807) is 0 Å². The van der Waals surface area contributed by atoms with Crippen molar-refractivity contribution < 1.29 is 9.16 Å². The van der Waals surface area contributed by atoms with Crippen molar-refractivity contribution in [2.24, 2.45) is 11.8 Å². The molecule has 0 N–H and O–H groups in total. The van der Waals surface area contributed by atoms with E-state index in [0.29, 0.717) is 25.0 Å². The minimum Gasteiger partial charge on any atom is -0.413 e. The van der Waals surface area contributed by atoms with Gasteiger partial charge in [-0.15, -0.1) is 6.58 Å². The Hall–Kier alpha value is -0.903. The van der Waals surface area contributed by atoms with Crippen LogP contribution in [0.4, 0.5) is 0 Å². The monoisotopic (exact) mass is 348 g/mol. The highest BCUT2D eigenvalue weighted by Gasteiger charge is 2.41. The van der Waals surface area contributed by atoms with Crippen molar-refractivity contribution in [1.82, 2.24) is 0 Å². The third-order valence-corrected chi connectivity index (χ3v) is 9.65. The summed E-state index contributed by atoms with van der Waals surface area (Å²) in [5.41, 5.74) is 1.21. The highest BCUT2D eigenvalue weighted by Crippen LogP contribution is 2.39. The van der Waals surface area contributed by atoms with E-state index < -0.39 is 8.32 Å². The SMILES string of the molecule is C=C[C@H](C)[C@H](O[Si](C)(C)C(C)(C)C)[C@@H](C)COCc1ccccc1. The highest BCUT2D eigenvalue weighted by molar-refractivity contribution is 6.74. The van der Waals surface area contributed by atoms with Gasteiger partial charge in [-0.1, -0.05) is 71.0 Å². The fraction of sp³-hybridized carbons (Fsp3) is 0.619. The maximum Gasteiger partial charge on any atom is 0.192 e. The van der Waals surface area contributed by atoms with Crippen molar-refractivity contribution in [1.29, 1.82) is 0 Å². The van der Waals surface area contributed by atoms with E-state index in [-0.39, 0.29) is 11.1 Å². The number of hydrogen-bond donors (Lipinski definition) is 0. The van der Waals surface area contributed by atoms with Crippen LogP contribution in [-0.4, -0.2) is 21.0 Å². The Morgan fingerprint density at radius 3 is 2.21 bits per heavy atom. The molecule has 1 aromatic rings. The summed E-state index contributed by atoms with van der Waals surface area (Å²) in [6.45, 7) is 21.2. The fourth-order valence-corrected chi connectivity index (χ4v) is 3.91. The van der Waals surface area contributed by atoms with Gasteiger partial charge in [-0.3, -0.25) is 0 Å². The van der Waals surface area contributed by atoms with Gasteiger partial charge in [-0.2, -0.15) is 0 Å². The first-order chi connectivity index (χ1) is 11.1. The van der Waals surface area contributed by atoms with Crippen molar-refractivity contribution in [3.05, 3.63) is 48.6 Å². The molecule has 3 heteroatoms. The second-order valence-electron chi connectivity index (χ2n) is 8.42. The summed E-state index contributed by atoms with van der Waals surface area (Å²) in [5.74, 6) is 0.644. The predicted molar refractivity (Wildman–Crippen MR) is 107 cm³/mol. The van der Waals surface area contributed by atoms with E-state index in [2.05, 4.69) is 66.4 Å². The molecule has 136 valence electrons. The smallest absolute Gasteiger partial charge is 0.192 e. The fourth-order valence-electron chi connectivity index (χ4n) is 2.42. The van der Waals surface area contributed by atoms with Crippen LogP contribution in [-0.2, 0) is 15.8 Å². The van der Waals surface area contributed by atoms with Crippen molar-refractivity contribution in [3.8, 4) is 0 Å². The van der Waals surface area contributed by atoms with E-state index >= 15 is 0 Å². The summed E-state index contributed by atoms with van der Waals surface area (Å²) in [5, 5.41) is 0.205. The molecule has 0 saturated heterocycles. The summed E-state index contributed by atoms with van der Waals surface area (Å²) in [4.78, 5) is 0. The second kappa shape index (κ2) is 8.98. The lowest BCUT2D eigenvalue weighted by Crippen LogP contribution is -2.47. The summed E-state index contributed by atoms with van der Waals surface area (Å²) in [6.07, 6.45) is 2.16. The first-order valence-corrected chi connectivity index (χ1v) is 11.9. The van der Waals surface area contributed by atoms with Crippen LogP contribution >= 0.6 is 0 Å². The van der Waals surface area contributed by atoms with Gasteiger partial charge in [0.05, 0.1) is 19.3 Å². The van der Waals surface area contributed by atoms with Gasteiger partial charge in [0.15, 0.2) is 8.32 Å². The predicted octanol–water partition coefficient (Wildman–Crippen LogP) is 6.05. The maximum absolute atomic E-state index is 6.71. The third kappa shape index (κ3) is 6.19. The molecule has 0 spiro atoms. The van der Waals surface area contributed by atoms with Gasteiger partial charge in [-0.05, 0) is 29.6 Å². The van der Waals surface area contributed by atoms with Gasteiger partial charge in [-0.25, -0.2) is 0 Å². The Kier molecular flexibility index (Phi) is 7.91. The zero-order valence-electron chi connectivity index (χ0n) is 16.6. The van der Waals surface area contributed by atoms with E-state index in [1.165, 1.54) is 5.56 Å². The van der Waals surface area contributed by atoms with Gasteiger partial charge in [0.1, 0.15) is 0 Å². The van der Waals surface area contributed by atoms with Crippen LogP contribution in [0, 0.1) is 11.8 Å². The maximum atomic E-state index is 6.71. The molecule has 2 nitrogen and oxygen atoms in total. The lowest BCUT2D eigenvalue weighted by molar-refractivity contribution is 0.0195. The number of ether oxygens (including phenoxy) is 1. The molecule has 0 aliphatic carbocycles. The lowest BCUT2D eigenvalue weighted by Gasteiger charge is -2.42. The molecule has 0 bridgehead atoms. The Labute approximate surface area is 150 Å². The Morgan fingerprint density at radius 2 is 1.71 bits per heavy atom. The average molecular weight is 349 g/mol. The largest absolute Gasteiger partial charge is 0.413 e. The quantitative estimate of drug-likeness (QED) is 0.399. The number of rotatable bonds is 9. The zero-order valence-corrected chi connectivity index (χ0v) is 17.6. The van der Waals surface area contributed by atoms with Crippen molar-refractivity contribution in [2.45, 2.75) is 65.5 Å². The summed E-state index contributed by atoms with van der Waals surface area (Å²) in [7, 11) is -1.82. The molecular weight excluding hydrogens is 312 g/mol. The average Bonchev–Trinajstić information content (AvgIpc) is 2.51. The lowest BCUT2D eigenvalue weighted by atomic mass is 9.94. The standard InChI is InChI=1S/C21H36O2Si/c1-9-17(2)20(23-24(7,8)21(4,5)6)18(3)15-22-16-19-13-11-10-12-14-19/h9-14,17-18,20H,1,15-16H2,2-8H3/t17-,18-,20-/m0/s1. The van der Waals surface area contributed by atoms with Crippen LogP contribution in [0.2, 0.25) is 18.1 Å².